The molecule has 1 heterocycles. The van der Waals surface area contributed by atoms with Gasteiger partial charge < -0.3 is 10.6 Å². The van der Waals surface area contributed by atoms with E-state index in [1.54, 1.807) is 0 Å². The van der Waals surface area contributed by atoms with Crippen LogP contribution in [0.15, 0.2) is 0 Å². The lowest BCUT2D eigenvalue weighted by atomic mass is 9.83. The molecule has 1 aliphatic carbocycles. The Morgan fingerprint density at radius 2 is 2.17 bits per heavy atom. The third-order valence-electron chi connectivity index (χ3n) is 3.90. The zero-order valence-electron chi connectivity index (χ0n) is 8.21. The van der Waals surface area contributed by atoms with Gasteiger partial charge in [-0.1, -0.05) is 6.92 Å². The summed E-state index contributed by atoms with van der Waals surface area (Å²) in [6.45, 7) is 4.91. The summed E-state index contributed by atoms with van der Waals surface area (Å²) in [4.78, 5) is 2.45. The summed E-state index contributed by atoms with van der Waals surface area (Å²) in [6, 6.07) is 0.494. The number of likely N-dealkylation sites (tertiary alicyclic amines) is 1. The molecule has 70 valence electrons. The summed E-state index contributed by atoms with van der Waals surface area (Å²) < 4.78 is 0. The molecule has 0 radical (unpaired) electrons. The van der Waals surface area contributed by atoms with Crippen LogP contribution in [-0.2, 0) is 0 Å². The van der Waals surface area contributed by atoms with Gasteiger partial charge in [-0.15, -0.1) is 0 Å². The van der Waals surface area contributed by atoms with Crippen molar-refractivity contribution < 1.29 is 0 Å². The molecular formula is C10H20N2. The first-order valence-corrected chi connectivity index (χ1v) is 5.07. The molecule has 0 amide bonds. The highest BCUT2D eigenvalue weighted by Crippen LogP contribution is 2.52. The highest BCUT2D eigenvalue weighted by Gasteiger charge is 2.53. The minimum absolute atomic E-state index is 0.494. The standard InChI is InChI=1S/C10H20N2/c1-10(6-9(10)11)8-4-3-5-12(2)7-8/h8-9H,3-7,11H2,1-2H3. The molecule has 3 atom stereocenters. The van der Waals surface area contributed by atoms with Crippen LogP contribution in [-0.4, -0.2) is 31.1 Å². The molecule has 2 aliphatic rings. The Morgan fingerprint density at radius 3 is 2.67 bits per heavy atom. The average molecular weight is 168 g/mol. The monoisotopic (exact) mass is 168 g/mol. The SMILES string of the molecule is CN1CCCC(C2(C)CC2N)C1. The van der Waals surface area contributed by atoms with Gasteiger partial charge in [0.1, 0.15) is 0 Å². The number of nitrogens with zero attached hydrogens (tertiary/aromatic N) is 1. The minimum atomic E-state index is 0.494. The third-order valence-corrected chi connectivity index (χ3v) is 3.90. The normalized spacial score (nSPS) is 49.2. The third kappa shape index (κ3) is 1.27. The largest absolute Gasteiger partial charge is 0.327 e. The lowest BCUT2D eigenvalue weighted by Crippen LogP contribution is -2.37. The van der Waals surface area contributed by atoms with Crippen molar-refractivity contribution in [3.63, 3.8) is 0 Å². The quantitative estimate of drug-likeness (QED) is 0.634. The van der Waals surface area contributed by atoms with Crippen LogP contribution in [0.5, 0.6) is 0 Å². The molecular weight excluding hydrogens is 148 g/mol. The fourth-order valence-corrected chi connectivity index (χ4v) is 2.59. The first-order valence-electron chi connectivity index (χ1n) is 5.07. The summed E-state index contributed by atoms with van der Waals surface area (Å²) >= 11 is 0. The molecule has 2 nitrogen and oxygen atoms in total. The second-order valence-corrected chi connectivity index (χ2v) is 4.92. The second kappa shape index (κ2) is 2.71. The van der Waals surface area contributed by atoms with E-state index in [-0.39, 0.29) is 0 Å². The highest BCUT2D eigenvalue weighted by molar-refractivity contribution is 5.07. The van der Waals surface area contributed by atoms with Crippen molar-refractivity contribution in [1.29, 1.82) is 0 Å². The smallest absolute Gasteiger partial charge is 0.0102 e. The molecule has 2 fully saturated rings. The Kier molecular flexibility index (Phi) is 1.92. The molecule has 3 unspecified atom stereocenters. The van der Waals surface area contributed by atoms with E-state index in [2.05, 4.69) is 18.9 Å². The molecule has 0 aromatic heterocycles. The van der Waals surface area contributed by atoms with Crippen LogP contribution in [0, 0.1) is 11.3 Å². The van der Waals surface area contributed by atoms with E-state index >= 15 is 0 Å². The molecule has 0 spiro atoms. The van der Waals surface area contributed by atoms with Gasteiger partial charge in [-0.3, -0.25) is 0 Å². The Bertz CT molecular complexity index is 181. The molecule has 12 heavy (non-hydrogen) atoms. The number of hydrogen-bond acceptors (Lipinski definition) is 2. The van der Waals surface area contributed by atoms with Crippen molar-refractivity contribution in [2.45, 2.75) is 32.2 Å². The van der Waals surface area contributed by atoms with Crippen molar-refractivity contribution in [1.82, 2.24) is 4.90 Å². The van der Waals surface area contributed by atoms with Gasteiger partial charge in [-0.2, -0.15) is 0 Å². The van der Waals surface area contributed by atoms with E-state index in [4.69, 9.17) is 5.73 Å². The second-order valence-electron chi connectivity index (χ2n) is 4.92. The molecule has 2 rings (SSSR count). The molecule has 1 saturated carbocycles. The van der Waals surface area contributed by atoms with Crippen LogP contribution in [0.25, 0.3) is 0 Å². The lowest BCUT2D eigenvalue weighted by Gasteiger charge is -2.34. The van der Waals surface area contributed by atoms with E-state index in [9.17, 15) is 0 Å². The van der Waals surface area contributed by atoms with E-state index in [0.717, 1.165) is 5.92 Å². The number of rotatable bonds is 1. The average Bonchev–Trinajstić information content (AvgIpc) is 2.61. The van der Waals surface area contributed by atoms with Gasteiger partial charge in [0.05, 0.1) is 0 Å². The first-order chi connectivity index (χ1) is 5.63. The summed E-state index contributed by atoms with van der Waals surface area (Å²) in [5.74, 6) is 0.867. The van der Waals surface area contributed by atoms with Gasteiger partial charge in [0.15, 0.2) is 0 Å². The van der Waals surface area contributed by atoms with E-state index in [1.165, 1.54) is 32.4 Å². The Morgan fingerprint density at radius 1 is 1.50 bits per heavy atom. The molecule has 2 heteroatoms. The Balaban J connectivity index is 1.95. The summed E-state index contributed by atoms with van der Waals surface area (Å²) in [5, 5.41) is 0. The van der Waals surface area contributed by atoms with Crippen LogP contribution in [0.2, 0.25) is 0 Å². The van der Waals surface area contributed by atoms with E-state index in [1.807, 2.05) is 0 Å². The van der Waals surface area contributed by atoms with Gasteiger partial charge in [0, 0.05) is 12.6 Å². The van der Waals surface area contributed by atoms with Crippen molar-refractivity contribution in [2.75, 3.05) is 20.1 Å². The number of nitrogens with two attached hydrogens (primary N) is 1. The van der Waals surface area contributed by atoms with Crippen LogP contribution in [0.1, 0.15) is 26.2 Å². The van der Waals surface area contributed by atoms with Crippen LogP contribution < -0.4 is 5.73 Å². The maximum absolute atomic E-state index is 5.96. The van der Waals surface area contributed by atoms with Crippen molar-refractivity contribution in [2.24, 2.45) is 17.1 Å². The summed E-state index contributed by atoms with van der Waals surface area (Å²) in [5.41, 5.74) is 6.45. The van der Waals surface area contributed by atoms with Crippen LogP contribution in [0.3, 0.4) is 0 Å². The molecule has 0 bridgehead atoms. The molecule has 1 saturated heterocycles. The molecule has 0 aromatic rings. The zero-order chi connectivity index (χ0) is 8.77. The predicted molar refractivity (Wildman–Crippen MR) is 50.9 cm³/mol. The van der Waals surface area contributed by atoms with Gasteiger partial charge in [-0.25, -0.2) is 0 Å². The van der Waals surface area contributed by atoms with Crippen molar-refractivity contribution in [3.05, 3.63) is 0 Å². The van der Waals surface area contributed by atoms with E-state index < -0.39 is 0 Å². The van der Waals surface area contributed by atoms with Crippen molar-refractivity contribution in [3.8, 4) is 0 Å². The zero-order valence-corrected chi connectivity index (χ0v) is 8.21. The van der Waals surface area contributed by atoms with Gasteiger partial charge in [-0.05, 0) is 44.2 Å². The van der Waals surface area contributed by atoms with Gasteiger partial charge in [0.2, 0.25) is 0 Å². The van der Waals surface area contributed by atoms with Crippen molar-refractivity contribution >= 4 is 0 Å². The summed E-state index contributed by atoms with van der Waals surface area (Å²) in [7, 11) is 2.23. The highest BCUT2D eigenvalue weighted by atomic mass is 15.1. The lowest BCUT2D eigenvalue weighted by molar-refractivity contribution is 0.152. The number of hydrogen-bond donors (Lipinski definition) is 1. The fraction of sp³-hybridized carbons (Fsp3) is 1.00. The Hall–Kier alpha value is -0.0800. The first kappa shape index (κ1) is 8.52. The maximum atomic E-state index is 5.96. The maximum Gasteiger partial charge on any atom is 0.0102 e. The number of piperidine rings is 1. The summed E-state index contributed by atoms with van der Waals surface area (Å²) in [6.07, 6.45) is 4.02. The topological polar surface area (TPSA) is 29.3 Å². The minimum Gasteiger partial charge on any atom is -0.327 e. The van der Waals surface area contributed by atoms with Crippen LogP contribution >= 0.6 is 0 Å². The van der Waals surface area contributed by atoms with Gasteiger partial charge in [0.25, 0.3) is 0 Å². The van der Waals surface area contributed by atoms with E-state index in [0.29, 0.717) is 11.5 Å². The van der Waals surface area contributed by atoms with Crippen LogP contribution in [0.4, 0.5) is 0 Å². The fourth-order valence-electron chi connectivity index (χ4n) is 2.59. The molecule has 0 aromatic carbocycles. The molecule has 1 aliphatic heterocycles. The molecule has 2 N–H and O–H groups in total. The Labute approximate surface area is 75.1 Å². The van der Waals surface area contributed by atoms with Gasteiger partial charge >= 0.3 is 0 Å². The predicted octanol–water partition coefficient (Wildman–Crippen LogP) is 1.07.